The standard InChI is InChI=1S/C10H10BrN3/c11-9-1-3-10(4-2-9)14-7-8(5-12)6-13-14/h1-4,6-7H,5,12H2. The fraction of sp³-hybridized carbons (Fsp3) is 0.100. The van der Waals surface area contributed by atoms with Crippen LogP contribution >= 0.6 is 15.9 Å². The van der Waals surface area contributed by atoms with Crippen LogP contribution in [-0.2, 0) is 6.54 Å². The van der Waals surface area contributed by atoms with Gasteiger partial charge in [-0.25, -0.2) is 4.68 Å². The molecule has 0 aliphatic rings. The third-order valence-electron chi connectivity index (χ3n) is 1.96. The second-order valence-corrected chi connectivity index (χ2v) is 3.89. The quantitative estimate of drug-likeness (QED) is 0.889. The Kier molecular flexibility index (Phi) is 2.65. The number of nitrogens with two attached hydrogens (primary N) is 1. The summed E-state index contributed by atoms with van der Waals surface area (Å²) in [6.45, 7) is 0.524. The molecule has 0 saturated carbocycles. The third-order valence-corrected chi connectivity index (χ3v) is 2.49. The molecule has 0 aliphatic carbocycles. The van der Waals surface area contributed by atoms with Crippen LogP contribution in [-0.4, -0.2) is 9.78 Å². The number of hydrogen-bond donors (Lipinski definition) is 1. The Labute approximate surface area is 90.7 Å². The molecule has 0 bridgehead atoms. The number of halogens is 1. The predicted molar refractivity (Wildman–Crippen MR) is 59.2 cm³/mol. The van der Waals surface area contributed by atoms with Crippen molar-refractivity contribution in [3.05, 3.63) is 46.7 Å². The minimum absolute atomic E-state index is 0.524. The van der Waals surface area contributed by atoms with Crippen LogP contribution in [0, 0.1) is 0 Å². The first-order valence-electron chi connectivity index (χ1n) is 4.29. The summed E-state index contributed by atoms with van der Waals surface area (Å²) in [4.78, 5) is 0. The Morgan fingerprint density at radius 2 is 2.00 bits per heavy atom. The number of aromatic nitrogens is 2. The summed E-state index contributed by atoms with van der Waals surface area (Å²) in [5, 5.41) is 4.21. The van der Waals surface area contributed by atoms with Gasteiger partial charge < -0.3 is 5.73 Å². The molecule has 1 aromatic heterocycles. The summed E-state index contributed by atoms with van der Waals surface area (Å²) in [5.74, 6) is 0. The van der Waals surface area contributed by atoms with Gasteiger partial charge in [0, 0.05) is 22.8 Å². The summed E-state index contributed by atoms with van der Waals surface area (Å²) in [6, 6.07) is 7.97. The Morgan fingerprint density at radius 3 is 2.57 bits per heavy atom. The first-order valence-corrected chi connectivity index (χ1v) is 5.08. The highest BCUT2D eigenvalue weighted by molar-refractivity contribution is 9.10. The topological polar surface area (TPSA) is 43.8 Å². The lowest BCUT2D eigenvalue weighted by atomic mass is 10.3. The largest absolute Gasteiger partial charge is 0.326 e. The summed E-state index contributed by atoms with van der Waals surface area (Å²) in [6.07, 6.45) is 3.71. The molecule has 0 fully saturated rings. The minimum Gasteiger partial charge on any atom is -0.326 e. The van der Waals surface area contributed by atoms with E-state index in [9.17, 15) is 0 Å². The van der Waals surface area contributed by atoms with E-state index in [2.05, 4.69) is 21.0 Å². The van der Waals surface area contributed by atoms with Gasteiger partial charge >= 0.3 is 0 Å². The van der Waals surface area contributed by atoms with E-state index in [4.69, 9.17) is 5.73 Å². The smallest absolute Gasteiger partial charge is 0.0646 e. The molecule has 2 aromatic rings. The van der Waals surface area contributed by atoms with Gasteiger partial charge in [0.15, 0.2) is 0 Å². The van der Waals surface area contributed by atoms with Gasteiger partial charge in [0.1, 0.15) is 0 Å². The molecule has 4 heteroatoms. The van der Waals surface area contributed by atoms with Crippen LogP contribution in [0.25, 0.3) is 5.69 Å². The molecule has 1 aromatic carbocycles. The van der Waals surface area contributed by atoms with Gasteiger partial charge in [0.2, 0.25) is 0 Å². The highest BCUT2D eigenvalue weighted by Gasteiger charge is 1.98. The van der Waals surface area contributed by atoms with Gasteiger partial charge in [-0.1, -0.05) is 15.9 Å². The normalized spacial score (nSPS) is 10.4. The van der Waals surface area contributed by atoms with E-state index in [1.807, 2.05) is 35.1 Å². The zero-order chi connectivity index (χ0) is 9.97. The van der Waals surface area contributed by atoms with Gasteiger partial charge in [-0.2, -0.15) is 5.10 Å². The number of benzene rings is 1. The van der Waals surface area contributed by atoms with Crippen molar-refractivity contribution in [2.45, 2.75) is 6.54 Å². The van der Waals surface area contributed by atoms with Gasteiger partial charge in [-0.3, -0.25) is 0 Å². The van der Waals surface area contributed by atoms with E-state index in [-0.39, 0.29) is 0 Å². The van der Waals surface area contributed by atoms with Crippen molar-refractivity contribution in [2.24, 2.45) is 5.73 Å². The fourth-order valence-electron chi connectivity index (χ4n) is 1.20. The molecule has 0 aliphatic heterocycles. The van der Waals surface area contributed by atoms with Gasteiger partial charge in [-0.05, 0) is 24.3 Å². The highest BCUT2D eigenvalue weighted by Crippen LogP contribution is 2.13. The Morgan fingerprint density at radius 1 is 1.29 bits per heavy atom. The molecule has 0 amide bonds. The van der Waals surface area contributed by atoms with E-state index in [0.717, 1.165) is 15.7 Å². The Hall–Kier alpha value is -1.13. The van der Waals surface area contributed by atoms with E-state index < -0.39 is 0 Å². The lowest BCUT2D eigenvalue weighted by molar-refractivity contribution is 0.879. The first kappa shape index (κ1) is 9.43. The molecule has 3 nitrogen and oxygen atoms in total. The zero-order valence-electron chi connectivity index (χ0n) is 7.52. The van der Waals surface area contributed by atoms with Crippen molar-refractivity contribution in [2.75, 3.05) is 0 Å². The van der Waals surface area contributed by atoms with E-state index in [0.29, 0.717) is 6.54 Å². The van der Waals surface area contributed by atoms with Crippen molar-refractivity contribution in [3.63, 3.8) is 0 Å². The molecule has 14 heavy (non-hydrogen) atoms. The molecule has 1 heterocycles. The molecule has 2 rings (SSSR count). The SMILES string of the molecule is NCc1cnn(-c2ccc(Br)cc2)c1. The Bertz CT molecular complexity index is 419. The maximum atomic E-state index is 5.50. The van der Waals surface area contributed by atoms with Gasteiger partial charge in [-0.15, -0.1) is 0 Å². The number of nitrogens with zero attached hydrogens (tertiary/aromatic N) is 2. The second-order valence-electron chi connectivity index (χ2n) is 2.97. The van der Waals surface area contributed by atoms with E-state index >= 15 is 0 Å². The van der Waals surface area contributed by atoms with Crippen LogP contribution in [0.5, 0.6) is 0 Å². The fourth-order valence-corrected chi connectivity index (χ4v) is 1.46. The molecule has 0 atom stereocenters. The summed E-state index contributed by atoms with van der Waals surface area (Å²) in [7, 11) is 0. The monoisotopic (exact) mass is 251 g/mol. The van der Waals surface area contributed by atoms with Crippen LogP contribution in [0.4, 0.5) is 0 Å². The molecule has 0 radical (unpaired) electrons. The van der Waals surface area contributed by atoms with Crippen LogP contribution in [0.15, 0.2) is 41.1 Å². The lowest BCUT2D eigenvalue weighted by Gasteiger charge is -2.00. The van der Waals surface area contributed by atoms with Crippen molar-refractivity contribution < 1.29 is 0 Å². The average molecular weight is 252 g/mol. The molecule has 0 saturated heterocycles. The van der Waals surface area contributed by atoms with Crippen LogP contribution in [0.2, 0.25) is 0 Å². The first-order chi connectivity index (χ1) is 6.79. The maximum Gasteiger partial charge on any atom is 0.0646 e. The van der Waals surface area contributed by atoms with Crippen molar-refractivity contribution in [1.82, 2.24) is 9.78 Å². The summed E-state index contributed by atoms with van der Waals surface area (Å²) >= 11 is 3.39. The van der Waals surface area contributed by atoms with Crippen molar-refractivity contribution >= 4 is 15.9 Å². The lowest BCUT2D eigenvalue weighted by Crippen LogP contribution is -1.95. The highest BCUT2D eigenvalue weighted by atomic mass is 79.9. The molecule has 2 N–H and O–H groups in total. The van der Waals surface area contributed by atoms with E-state index in [1.54, 1.807) is 6.20 Å². The second kappa shape index (κ2) is 3.94. The third kappa shape index (κ3) is 1.86. The molecule has 72 valence electrons. The van der Waals surface area contributed by atoms with Crippen LogP contribution in [0.3, 0.4) is 0 Å². The van der Waals surface area contributed by atoms with Crippen LogP contribution in [0.1, 0.15) is 5.56 Å². The van der Waals surface area contributed by atoms with Gasteiger partial charge in [0.25, 0.3) is 0 Å². The zero-order valence-corrected chi connectivity index (χ0v) is 9.11. The summed E-state index contributed by atoms with van der Waals surface area (Å²) in [5.41, 5.74) is 7.57. The number of rotatable bonds is 2. The minimum atomic E-state index is 0.524. The molecular weight excluding hydrogens is 242 g/mol. The molecular formula is C10H10BrN3. The van der Waals surface area contributed by atoms with Gasteiger partial charge in [0.05, 0.1) is 11.9 Å². The molecule has 0 unspecified atom stereocenters. The van der Waals surface area contributed by atoms with Crippen molar-refractivity contribution in [1.29, 1.82) is 0 Å². The van der Waals surface area contributed by atoms with E-state index in [1.165, 1.54) is 0 Å². The Balaban J connectivity index is 2.34. The number of hydrogen-bond acceptors (Lipinski definition) is 2. The van der Waals surface area contributed by atoms with Crippen LogP contribution < -0.4 is 5.73 Å². The molecule has 0 spiro atoms. The maximum absolute atomic E-state index is 5.50. The average Bonchev–Trinajstić information content (AvgIpc) is 2.67. The predicted octanol–water partition coefficient (Wildman–Crippen LogP) is 2.09. The summed E-state index contributed by atoms with van der Waals surface area (Å²) < 4.78 is 2.88. The van der Waals surface area contributed by atoms with Crippen molar-refractivity contribution in [3.8, 4) is 5.69 Å².